The number of anilines is 1. The smallest absolute Gasteiger partial charge is 0.224 e. The van der Waals surface area contributed by atoms with Crippen LogP contribution in [0.3, 0.4) is 0 Å². The second-order valence-corrected chi connectivity index (χ2v) is 4.73. The average Bonchev–Trinajstić information content (AvgIpc) is 2.34. The summed E-state index contributed by atoms with van der Waals surface area (Å²) in [4.78, 5) is 7.39. The molecular weight excluding hydrogens is 245 g/mol. The van der Waals surface area contributed by atoms with Crippen molar-refractivity contribution in [1.29, 1.82) is 0 Å². The van der Waals surface area contributed by atoms with Crippen LogP contribution in [0.5, 0.6) is 0 Å². The molecule has 2 atom stereocenters. The fourth-order valence-corrected chi connectivity index (χ4v) is 2.36. The van der Waals surface area contributed by atoms with Crippen LogP contribution in [0, 0.1) is 11.7 Å². The number of aliphatic hydroxyl groups is 1. The minimum absolute atomic E-state index is 0.0309. The van der Waals surface area contributed by atoms with E-state index < -0.39 is 5.82 Å². The zero-order valence-corrected chi connectivity index (χ0v) is 10.1. The fourth-order valence-electron chi connectivity index (χ4n) is 2.23. The van der Waals surface area contributed by atoms with Crippen molar-refractivity contribution < 1.29 is 9.50 Å². The van der Waals surface area contributed by atoms with E-state index in [1.165, 1.54) is 0 Å². The lowest BCUT2D eigenvalue weighted by atomic mass is 9.86. The Kier molecular flexibility index (Phi) is 4.12. The van der Waals surface area contributed by atoms with Gasteiger partial charge in [0.25, 0.3) is 0 Å². The molecule has 17 heavy (non-hydrogen) atoms. The Morgan fingerprint density at radius 1 is 1.53 bits per heavy atom. The average molecular weight is 260 g/mol. The summed E-state index contributed by atoms with van der Waals surface area (Å²) < 4.78 is 13.4. The molecule has 0 aromatic carbocycles. The number of nitrogens with one attached hydrogen (secondary N) is 1. The molecule has 1 fully saturated rings. The molecule has 1 aliphatic carbocycles. The van der Waals surface area contributed by atoms with E-state index in [9.17, 15) is 4.39 Å². The third-order valence-corrected chi connectivity index (χ3v) is 3.28. The lowest BCUT2D eigenvalue weighted by molar-refractivity contribution is 0.184. The Morgan fingerprint density at radius 2 is 2.35 bits per heavy atom. The molecule has 1 saturated carbocycles. The predicted octanol–water partition coefficient (Wildman–Crippen LogP) is 2.23. The minimum atomic E-state index is -0.500. The normalized spacial score (nSPS) is 24.6. The lowest BCUT2D eigenvalue weighted by Gasteiger charge is -2.28. The fraction of sp³-hybridized carbons (Fsp3) is 0.636. The van der Waals surface area contributed by atoms with E-state index in [4.69, 9.17) is 16.7 Å². The number of rotatable bonds is 3. The van der Waals surface area contributed by atoms with Crippen LogP contribution >= 0.6 is 11.6 Å². The van der Waals surface area contributed by atoms with Crippen molar-refractivity contribution in [3.63, 3.8) is 0 Å². The van der Waals surface area contributed by atoms with Gasteiger partial charge in [-0.3, -0.25) is 0 Å². The first-order chi connectivity index (χ1) is 8.19. The third kappa shape index (κ3) is 3.26. The van der Waals surface area contributed by atoms with Crippen LogP contribution in [0.4, 0.5) is 10.2 Å². The molecule has 2 rings (SSSR count). The molecule has 94 valence electrons. The number of halogens is 2. The summed E-state index contributed by atoms with van der Waals surface area (Å²) in [5.41, 5.74) is 0. The molecule has 4 nitrogen and oxygen atoms in total. The quantitative estimate of drug-likeness (QED) is 0.818. The molecule has 1 aromatic heterocycles. The van der Waals surface area contributed by atoms with E-state index in [0.29, 0.717) is 5.92 Å². The molecule has 1 aromatic rings. The van der Waals surface area contributed by atoms with Crippen LogP contribution in [0.25, 0.3) is 0 Å². The van der Waals surface area contributed by atoms with E-state index in [0.717, 1.165) is 31.9 Å². The number of aromatic nitrogens is 2. The highest BCUT2D eigenvalue weighted by molar-refractivity contribution is 6.28. The van der Waals surface area contributed by atoms with E-state index in [1.54, 1.807) is 0 Å². The SMILES string of the molecule is OCC1CCC[C@H](Nc2nc(Cl)ncc2F)C1. The van der Waals surface area contributed by atoms with Gasteiger partial charge in [-0.2, -0.15) is 4.98 Å². The first-order valence-corrected chi connectivity index (χ1v) is 6.12. The van der Waals surface area contributed by atoms with Crippen molar-refractivity contribution in [2.24, 2.45) is 5.92 Å². The summed E-state index contributed by atoms with van der Waals surface area (Å²) >= 11 is 5.62. The molecule has 1 heterocycles. The molecule has 0 amide bonds. The van der Waals surface area contributed by atoms with E-state index in [1.807, 2.05) is 0 Å². The maximum Gasteiger partial charge on any atom is 0.224 e. The van der Waals surface area contributed by atoms with Crippen molar-refractivity contribution >= 4 is 17.4 Å². The summed E-state index contributed by atoms with van der Waals surface area (Å²) in [5, 5.41) is 12.2. The Balaban J connectivity index is 2.02. The number of hydrogen-bond donors (Lipinski definition) is 2. The monoisotopic (exact) mass is 259 g/mol. The van der Waals surface area contributed by atoms with Gasteiger partial charge in [0.15, 0.2) is 11.6 Å². The molecule has 0 aliphatic heterocycles. The van der Waals surface area contributed by atoms with Gasteiger partial charge in [-0.05, 0) is 36.8 Å². The first kappa shape index (κ1) is 12.5. The molecule has 6 heteroatoms. The van der Waals surface area contributed by atoms with Crippen LogP contribution in [0.2, 0.25) is 5.28 Å². The molecule has 1 aliphatic rings. The van der Waals surface area contributed by atoms with Gasteiger partial charge in [-0.25, -0.2) is 9.37 Å². The standard InChI is InChI=1S/C11H15ClFN3O/c12-11-14-5-9(13)10(16-11)15-8-3-1-2-7(4-8)6-17/h5,7-8,17H,1-4,6H2,(H,14,15,16)/t7?,8-/m0/s1. The summed E-state index contributed by atoms with van der Waals surface area (Å²) in [6, 6.07) is 0.140. The van der Waals surface area contributed by atoms with Crippen LogP contribution in [0.1, 0.15) is 25.7 Å². The highest BCUT2D eigenvalue weighted by Gasteiger charge is 2.22. The summed E-state index contributed by atoms with van der Waals surface area (Å²) in [5.74, 6) is -0.0595. The van der Waals surface area contributed by atoms with Gasteiger partial charge in [-0.1, -0.05) is 6.42 Å². The third-order valence-electron chi connectivity index (χ3n) is 3.10. The first-order valence-electron chi connectivity index (χ1n) is 5.74. The van der Waals surface area contributed by atoms with Gasteiger partial charge in [0.1, 0.15) is 0 Å². The zero-order chi connectivity index (χ0) is 12.3. The largest absolute Gasteiger partial charge is 0.396 e. The van der Waals surface area contributed by atoms with Crippen molar-refractivity contribution in [1.82, 2.24) is 9.97 Å². The van der Waals surface area contributed by atoms with Crippen molar-refractivity contribution in [2.75, 3.05) is 11.9 Å². The molecule has 0 spiro atoms. The molecule has 0 saturated heterocycles. The molecule has 0 radical (unpaired) electrons. The maximum atomic E-state index is 13.4. The van der Waals surface area contributed by atoms with Gasteiger partial charge in [0.05, 0.1) is 6.20 Å². The van der Waals surface area contributed by atoms with E-state index >= 15 is 0 Å². The number of nitrogens with zero attached hydrogens (tertiary/aromatic N) is 2. The van der Waals surface area contributed by atoms with Gasteiger partial charge in [0, 0.05) is 12.6 Å². The molecular formula is C11H15ClFN3O. The second kappa shape index (κ2) is 5.60. The highest BCUT2D eigenvalue weighted by Crippen LogP contribution is 2.26. The summed E-state index contributed by atoms with van der Waals surface area (Å²) in [7, 11) is 0. The van der Waals surface area contributed by atoms with Gasteiger partial charge < -0.3 is 10.4 Å². The topological polar surface area (TPSA) is 58.0 Å². The van der Waals surface area contributed by atoms with Crippen LogP contribution in [0.15, 0.2) is 6.20 Å². The van der Waals surface area contributed by atoms with Crippen molar-refractivity contribution in [3.8, 4) is 0 Å². The second-order valence-electron chi connectivity index (χ2n) is 4.39. The van der Waals surface area contributed by atoms with Crippen molar-refractivity contribution in [3.05, 3.63) is 17.3 Å². The van der Waals surface area contributed by atoms with Crippen LogP contribution in [-0.4, -0.2) is 27.7 Å². The number of hydrogen-bond acceptors (Lipinski definition) is 4. The number of aliphatic hydroxyl groups excluding tert-OH is 1. The molecule has 2 N–H and O–H groups in total. The van der Waals surface area contributed by atoms with Crippen LogP contribution < -0.4 is 5.32 Å². The highest BCUT2D eigenvalue weighted by atomic mass is 35.5. The Labute approximate surface area is 104 Å². The molecule has 1 unspecified atom stereocenters. The lowest BCUT2D eigenvalue weighted by Crippen LogP contribution is -2.29. The van der Waals surface area contributed by atoms with E-state index in [2.05, 4.69) is 15.3 Å². The minimum Gasteiger partial charge on any atom is -0.396 e. The summed E-state index contributed by atoms with van der Waals surface area (Å²) in [6.07, 6.45) is 4.91. The van der Waals surface area contributed by atoms with Crippen molar-refractivity contribution in [2.45, 2.75) is 31.7 Å². The molecule has 0 bridgehead atoms. The summed E-state index contributed by atoms with van der Waals surface area (Å²) in [6.45, 7) is 0.186. The van der Waals surface area contributed by atoms with Gasteiger partial charge >= 0.3 is 0 Å². The van der Waals surface area contributed by atoms with Gasteiger partial charge in [-0.15, -0.1) is 0 Å². The van der Waals surface area contributed by atoms with Crippen LogP contribution in [-0.2, 0) is 0 Å². The Hall–Kier alpha value is -0.940. The predicted molar refractivity (Wildman–Crippen MR) is 63.5 cm³/mol. The van der Waals surface area contributed by atoms with E-state index in [-0.39, 0.29) is 23.8 Å². The maximum absolute atomic E-state index is 13.4. The zero-order valence-electron chi connectivity index (χ0n) is 9.37. The Bertz CT molecular complexity index is 391. The van der Waals surface area contributed by atoms with Gasteiger partial charge in [0.2, 0.25) is 5.28 Å². The Morgan fingerprint density at radius 3 is 3.12 bits per heavy atom.